The Morgan fingerprint density at radius 2 is 1.72 bits per heavy atom. The third-order valence-electron chi connectivity index (χ3n) is 2.74. The second kappa shape index (κ2) is 6.79. The molecule has 0 saturated carbocycles. The van der Waals surface area contributed by atoms with Crippen LogP contribution < -0.4 is 0 Å². The summed E-state index contributed by atoms with van der Waals surface area (Å²) in [6.45, 7) is 3.90. The van der Waals surface area contributed by atoms with Gasteiger partial charge in [0.25, 0.3) is 0 Å². The fourth-order valence-corrected chi connectivity index (χ4v) is 1.66. The minimum Gasteiger partial charge on any atom is -0.481 e. The molecule has 0 saturated heterocycles. The van der Waals surface area contributed by atoms with Crippen LogP contribution in [0.25, 0.3) is 0 Å². The van der Waals surface area contributed by atoms with Crippen molar-refractivity contribution in [3.63, 3.8) is 0 Å². The van der Waals surface area contributed by atoms with Gasteiger partial charge in [0, 0.05) is 0 Å². The second-order valence-corrected chi connectivity index (χ2v) is 4.02. The molecule has 1 unspecified atom stereocenters. The highest BCUT2D eigenvalue weighted by Gasteiger charge is 2.27. The molecule has 0 spiro atoms. The van der Waals surface area contributed by atoms with E-state index in [2.05, 4.69) is 0 Å². The second-order valence-electron chi connectivity index (χ2n) is 4.02. The first-order chi connectivity index (χ1) is 8.58. The molecule has 0 aromatic heterocycles. The van der Waals surface area contributed by atoms with Crippen molar-refractivity contribution >= 4 is 11.9 Å². The van der Waals surface area contributed by atoms with Gasteiger partial charge in [-0.1, -0.05) is 31.2 Å². The van der Waals surface area contributed by atoms with Gasteiger partial charge in [-0.15, -0.1) is 0 Å². The van der Waals surface area contributed by atoms with Gasteiger partial charge in [-0.25, -0.2) is 0 Å². The summed E-state index contributed by atoms with van der Waals surface area (Å²) in [5, 5.41) is 9.03. The Morgan fingerprint density at radius 3 is 2.17 bits per heavy atom. The van der Waals surface area contributed by atoms with E-state index >= 15 is 0 Å². The lowest BCUT2D eigenvalue weighted by Crippen LogP contribution is -2.27. The molecule has 0 radical (unpaired) electrons. The lowest BCUT2D eigenvalue weighted by Gasteiger charge is -2.11. The molecule has 4 heteroatoms. The average Bonchev–Trinajstić information content (AvgIpc) is 2.36. The van der Waals surface area contributed by atoms with Crippen LogP contribution in [-0.4, -0.2) is 23.7 Å². The zero-order valence-electron chi connectivity index (χ0n) is 10.7. The van der Waals surface area contributed by atoms with Crippen LogP contribution in [0.3, 0.4) is 0 Å². The number of benzene rings is 1. The molecular formula is C14H18O4. The normalized spacial score (nSPS) is 11.9. The molecule has 0 amide bonds. The molecule has 0 heterocycles. The Bertz CT molecular complexity index is 408. The minimum absolute atomic E-state index is 0.165. The van der Waals surface area contributed by atoms with E-state index in [1.54, 1.807) is 6.92 Å². The fraction of sp³-hybridized carbons (Fsp3) is 0.429. The number of hydrogen-bond donors (Lipinski definition) is 1. The van der Waals surface area contributed by atoms with E-state index < -0.39 is 17.9 Å². The van der Waals surface area contributed by atoms with Gasteiger partial charge >= 0.3 is 11.9 Å². The van der Waals surface area contributed by atoms with Gasteiger partial charge in [-0.3, -0.25) is 9.59 Å². The zero-order valence-corrected chi connectivity index (χ0v) is 10.7. The topological polar surface area (TPSA) is 63.6 Å². The molecule has 0 bridgehead atoms. The molecule has 0 aliphatic rings. The van der Waals surface area contributed by atoms with Crippen LogP contribution in [0, 0.1) is 5.92 Å². The van der Waals surface area contributed by atoms with Crippen LogP contribution in [0.4, 0.5) is 0 Å². The lowest BCUT2D eigenvalue weighted by molar-refractivity contribution is -0.158. The van der Waals surface area contributed by atoms with Gasteiger partial charge in [-0.2, -0.15) is 0 Å². The summed E-state index contributed by atoms with van der Waals surface area (Å²) in [6, 6.07) is 7.60. The molecule has 18 heavy (non-hydrogen) atoms. The molecule has 1 aromatic rings. The molecule has 1 aromatic carbocycles. The standard InChI is InChI=1S/C14H18O4/c1-3-10-5-7-11(8-6-10)9-12(13(15)16)14(17)18-4-2/h5-8,12H,3-4,9H2,1-2H3,(H,15,16). The Hall–Kier alpha value is -1.84. The number of esters is 1. The SMILES string of the molecule is CCOC(=O)C(Cc1ccc(CC)cc1)C(=O)O. The number of ether oxygens (including phenoxy) is 1. The van der Waals surface area contributed by atoms with Crippen molar-refractivity contribution in [3.05, 3.63) is 35.4 Å². The third-order valence-corrected chi connectivity index (χ3v) is 2.74. The van der Waals surface area contributed by atoms with Crippen LogP contribution >= 0.6 is 0 Å². The van der Waals surface area contributed by atoms with Crippen molar-refractivity contribution in [2.45, 2.75) is 26.7 Å². The van der Waals surface area contributed by atoms with E-state index in [-0.39, 0.29) is 13.0 Å². The highest BCUT2D eigenvalue weighted by atomic mass is 16.5. The maximum atomic E-state index is 11.5. The number of aryl methyl sites for hydroxylation is 1. The lowest BCUT2D eigenvalue weighted by atomic mass is 9.98. The summed E-state index contributed by atoms with van der Waals surface area (Å²) >= 11 is 0. The Labute approximate surface area is 107 Å². The van der Waals surface area contributed by atoms with Crippen LogP contribution in [0.15, 0.2) is 24.3 Å². The van der Waals surface area contributed by atoms with Gasteiger partial charge < -0.3 is 9.84 Å². The van der Waals surface area contributed by atoms with Crippen molar-refractivity contribution in [1.82, 2.24) is 0 Å². The summed E-state index contributed by atoms with van der Waals surface area (Å²) in [7, 11) is 0. The monoisotopic (exact) mass is 250 g/mol. The highest BCUT2D eigenvalue weighted by molar-refractivity contribution is 5.94. The van der Waals surface area contributed by atoms with Gasteiger partial charge in [0.1, 0.15) is 0 Å². The number of rotatable bonds is 6. The van der Waals surface area contributed by atoms with Crippen LogP contribution in [0.1, 0.15) is 25.0 Å². The van der Waals surface area contributed by atoms with E-state index in [9.17, 15) is 9.59 Å². The first-order valence-corrected chi connectivity index (χ1v) is 6.05. The molecule has 98 valence electrons. The minimum atomic E-state index is -1.15. The molecule has 1 rings (SSSR count). The van der Waals surface area contributed by atoms with Crippen LogP contribution in [-0.2, 0) is 27.2 Å². The molecule has 0 fully saturated rings. The van der Waals surface area contributed by atoms with Crippen molar-refractivity contribution < 1.29 is 19.4 Å². The van der Waals surface area contributed by atoms with Gasteiger partial charge in [0.15, 0.2) is 5.92 Å². The van der Waals surface area contributed by atoms with E-state index in [0.717, 1.165) is 12.0 Å². The first-order valence-electron chi connectivity index (χ1n) is 6.05. The zero-order chi connectivity index (χ0) is 13.5. The van der Waals surface area contributed by atoms with Crippen LogP contribution in [0.5, 0.6) is 0 Å². The summed E-state index contributed by atoms with van der Waals surface area (Å²) in [4.78, 5) is 22.6. The molecular weight excluding hydrogens is 232 g/mol. The molecule has 1 N–H and O–H groups in total. The smallest absolute Gasteiger partial charge is 0.320 e. The summed E-state index contributed by atoms with van der Waals surface area (Å²) in [5.74, 6) is -2.95. The van der Waals surface area contributed by atoms with Crippen LogP contribution in [0.2, 0.25) is 0 Å². The van der Waals surface area contributed by atoms with Crippen molar-refractivity contribution in [1.29, 1.82) is 0 Å². The average molecular weight is 250 g/mol. The van der Waals surface area contributed by atoms with E-state index in [4.69, 9.17) is 9.84 Å². The number of carbonyl (C=O) groups is 2. The number of aliphatic carboxylic acids is 1. The quantitative estimate of drug-likeness (QED) is 0.620. The predicted octanol–water partition coefficient (Wildman–Crippen LogP) is 2.06. The largest absolute Gasteiger partial charge is 0.481 e. The number of carbonyl (C=O) groups excluding carboxylic acids is 1. The van der Waals surface area contributed by atoms with Gasteiger partial charge in [0.2, 0.25) is 0 Å². The summed E-state index contributed by atoms with van der Waals surface area (Å²) in [6.07, 6.45) is 1.10. The molecule has 0 aliphatic heterocycles. The van der Waals surface area contributed by atoms with Crippen molar-refractivity contribution in [2.24, 2.45) is 5.92 Å². The van der Waals surface area contributed by atoms with Crippen molar-refractivity contribution in [3.8, 4) is 0 Å². The Balaban J connectivity index is 2.76. The van der Waals surface area contributed by atoms with E-state index in [1.165, 1.54) is 5.56 Å². The fourth-order valence-electron chi connectivity index (χ4n) is 1.66. The van der Waals surface area contributed by atoms with Gasteiger partial charge in [-0.05, 0) is 30.9 Å². The number of carboxylic acid groups (broad SMARTS) is 1. The number of carboxylic acids is 1. The third kappa shape index (κ3) is 3.87. The maximum Gasteiger partial charge on any atom is 0.320 e. The summed E-state index contributed by atoms with van der Waals surface area (Å²) < 4.78 is 4.76. The highest BCUT2D eigenvalue weighted by Crippen LogP contribution is 2.13. The molecule has 4 nitrogen and oxygen atoms in total. The molecule has 1 atom stereocenters. The Morgan fingerprint density at radius 1 is 1.17 bits per heavy atom. The summed E-state index contributed by atoms with van der Waals surface area (Å²) in [5.41, 5.74) is 2.01. The predicted molar refractivity (Wildman–Crippen MR) is 67.3 cm³/mol. The Kier molecular flexibility index (Phi) is 5.36. The maximum absolute atomic E-state index is 11.5. The number of hydrogen-bond acceptors (Lipinski definition) is 3. The van der Waals surface area contributed by atoms with Gasteiger partial charge in [0.05, 0.1) is 6.61 Å². The van der Waals surface area contributed by atoms with E-state index in [1.807, 2.05) is 31.2 Å². The van der Waals surface area contributed by atoms with E-state index in [0.29, 0.717) is 0 Å². The molecule has 0 aliphatic carbocycles. The van der Waals surface area contributed by atoms with Crippen molar-refractivity contribution in [2.75, 3.05) is 6.61 Å². The first kappa shape index (κ1) is 14.2.